The summed E-state index contributed by atoms with van der Waals surface area (Å²) >= 11 is 0. The maximum absolute atomic E-state index is 13.0. The SMILES string of the molecule is COCCN(Cc1cc2cc3c(cc2[nH]c1=O)OCO3)C(=O)c1ccc(C)cc1. The second-order valence-electron chi connectivity index (χ2n) is 7.00. The summed E-state index contributed by atoms with van der Waals surface area (Å²) in [6.45, 7) is 3.06. The van der Waals surface area contributed by atoms with Crippen LogP contribution in [0.4, 0.5) is 0 Å². The molecule has 1 aliphatic heterocycles. The van der Waals surface area contributed by atoms with E-state index in [1.807, 2.05) is 25.1 Å². The van der Waals surface area contributed by atoms with Gasteiger partial charge in [0, 0.05) is 36.2 Å². The number of aryl methyl sites for hydroxylation is 1. The fourth-order valence-corrected chi connectivity index (χ4v) is 3.30. The van der Waals surface area contributed by atoms with E-state index in [0.29, 0.717) is 41.3 Å². The predicted octanol–water partition coefficient (Wildman–Crippen LogP) is 2.85. The number of benzene rings is 2. The molecule has 4 rings (SSSR count). The van der Waals surface area contributed by atoms with Crippen molar-refractivity contribution in [2.45, 2.75) is 13.5 Å². The molecule has 2 heterocycles. The van der Waals surface area contributed by atoms with Gasteiger partial charge in [-0.25, -0.2) is 0 Å². The number of fused-ring (bicyclic) bond motifs is 2. The highest BCUT2D eigenvalue weighted by molar-refractivity contribution is 5.94. The average molecular weight is 394 g/mol. The van der Waals surface area contributed by atoms with Crippen molar-refractivity contribution >= 4 is 16.8 Å². The molecule has 150 valence electrons. The van der Waals surface area contributed by atoms with E-state index in [4.69, 9.17) is 14.2 Å². The highest BCUT2D eigenvalue weighted by Gasteiger charge is 2.19. The average Bonchev–Trinajstić information content (AvgIpc) is 3.17. The van der Waals surface area contributed by atoms with Crippen molar-refractivity contribution in [1.29, 1.82) is 0 Å². The van der Waals surface area contributed by atoms with Crippen molar-refractivity contribution in [3.63, 3.8) is 0 Å². The second kappa shape index (κ2) is 7.97. The van der Waals surface area contributed by atoms with E-state index in [9.17, 15) is 9.59 Å². The van der Waals surface area contributed by atoms with Crippen LogP contribution >= 0.6 is 0 Å². The normalized spacial score (nSPS) is 12.3. The molecular formula is C22H22N2O5. The summed E-state index contributed by atoms with van der Waals surface area (Å²) < 4.78 is 15.9. The number of nitrogens with zero attached hydrogens (tertiary/aromatic N) is 1. The number of nitrogens with one attached hydrogen (secondary N) is 1. The highest BCUT2D eigenvalue weighted by atomic mass is 16.7. The molecule has 0 bridgehead atoms. The van der Waals surface area contributed by atoms with Gasteiger partial charge in [0.25, 0.3) is 11.5 Å². The van der Waals surface area contributed by atoms with Crippen LogP contribution in [-0.4, -0.2) is 42.8 Å². The van der Waals surface area contributed by atoms with E-state index < -0.39 is 0 Å². The molecule has 0 atom stereocenters. The summed E-state index contributed by atoms with van der Waals surface area (Å²) in [5.41, 5.74) is 2.57. The second-order valence-corrected chi connectivity index (χ2v) is 7.00. The number of methoxy groups -OCH3 is 1. The van der Waals surface area contributed by atoms with E-state index in [1.165, 1.54) is 0 Å². The summed E-state index contributed by atoms with van der Waals surface area (Å²) in [4.78, 5) is 30.2. The van der Waals surface area contributed by atoms with Crippen LogP contribution in [0.15, 0.2) is 47.3 Å². The van der Waals surface area contributed by atoms with E-state index in [0.717, 1.165) is 10.9 Å². The minimum atomic E-state index is -0.240. The maximum Gasteiger partial charge on any atom is 0.254 e. The molecule has 3 aromatic rings. The van der Waals surface area contributed by atoms with Crippen LogP contribution in [0, 0.1) is 6.92 Å². The predicted molar refractivity (Wildman–Crippen MR) is 108 cm³/mol. The number of carbonyl (C=O) groups excluding carboxylic acids is 1. The minimum absolute atomic E-state index is 0.146. The zero-order valence-electron chi connectivity index (χ0n) is 16.4. The Kier molecular flexibility index (Phi) is 5.22. The standard InChI is InChI=1S/C22H22N2O5/c1-14-3-5-15(6-4-14)22(26)24(7-8-27-2)12-17-9-16-10-19-20(29-13-28-19)11-18(16)23-21(17)25/h3-6,9-11H,7-8,12-13H2,1-2H3,(H,23,25). The zero-order valence-corrected chi connectivity index (χ0v) is 16.4. The first-order valence-electron chi connectivity index (χ1n) is 9.35. The summed E-state index contributed by atoms with van der Waals surface area (Å²) in [5, 5.41) is 0.818. The van der Waals surface area contributed by atoms with Crippen molar-refractivity contribution < 1.29 is 19.0 Å². The summed E-state index contributed by atoms with van der Waals surface area (Å²) in [5.74, 6) is 1.10. The molecule has 29 heavy (non-hydrogen) atoms. The number of rotatable bonds is 6. The molecule has 2 aromatic carbocycles. The van der Waals surface area contributed by atoms with Gasteiger partial charge in [-0.1, -0.05) is 17.7 Å². The van der Waals surface area contributed by atoms with Gasteiger partial charge in [0.1, 0.15) is 0 Å². The topological polar surface area (TPSA) is 80.9 Å². The summed E-state index contributed by atoms with van der Waals surface area (Å²) in [6.07, 6.45) is 0. The number of ether oxygens (including phenoxy) is 3. The lowest BCUT2D eigenvalue weighted by Crippen LogP contribution is -2.35. The molecule has 0 spiro atoms. The van der Waals surface area contributed by atoms with Crippen molar-refractivity contribution in [2.75, 3.05) is 27.1 Å². The van der Waals surface area contributed by atoms with Gasteiger partial charge in [0.2, 0.25) is 6.79 Å². The van der Waals surface area contributed by atoms with Gasteiger partial charge in [0.05, 0.1) is 18.7 Å². The Morgan fingerprint density at radius 2 is 1.86 bits per heavy atom. The van der Waals surface area contributed by atoms with Gasteiger partial charge < -0.3 is 24.1 Å². The molecule has 1 N–H and O–H groups in total. The molecule has 1 amide bonds. The molecule has 0 saturated carbocycles. The summed E-state index contributed by atoms with van der Waals surface area (Å²) in [7, 11) is 1.58. The number of hydrogen-bond acceptors (Lipinski definition) is 5. The van der Waals surface area contributed by atoms with Crippen LogP contribution in [0.3, 0.4) is 0 Å². The largest absolute Gasteiger partial charge is 0.454 e. The number of pyridine rings is 1. The fourth-order valence-electron chi connectivity index (χ4n) is 3.30. The van der Waals surface area contributed by atoms with Crippen molar-refractivity contribution in [3.8, 4) is 11.5 Å². The lowest BCUT2D eigenvalue weighted by atomic mass is 10.1. The Bertz CT molecular complexity index is 1100. The van der Waals surface area contributed by atoms with Gasteiger partial charge in [-0.2, -0.15) is 0 Å². The summed E-state index contributed by atoms with van der Waals surface area (Å²) in [6, 6.07) is 12.8. The number of H-pyrrole nitrogens is 1. The maximum atomic E-state index is 13.0. The molecule has 7 nitrogen and oxygen atoms in total. The fraction of sp³-hybridized carbons (Fsp3) is 0.273. The van der Waals surface area contributed by atoms with Crippen LogP contribution < -0.4 is 15.0 Å². The third-order valence-electron chi connectivity index (χ3n) is 4.93. The first-order chi connectivity index (χ1) is 14.0. The quantitative estimate of drug-likeness (QED) is 0.695. The van der Waals surface area contributed by atoms with E-state index in [2.05, 4.69) is 4.98 Å². The van der Waals surface area contributed by atoms with E-state index in [1.54, 1.807) is 36.3 Å². The van der Waals surface area contributed by atoms with Crippen molar-refractivity contribution in [3.05, 3.63) is 69.5 Å². The number of aromatic nitrogens is 1. The third-order valence-corrected chi connectivity index (χ3v) is 4.93. The van der Waals surface area contributed by atoms with E-state index in [-0.39, 0.29) is 24.8 Å². The van der Waals surface area contributed by atoms with Crippen LogP contribution in [0.5, 0.6) is 11.5 Å². The lowest BCUT2D eigenvalue weighted by molar-refractivity contribution is 0.0680. The van der Waals surface area contributed by atoms with Gasteiger partial charge in [-0.05, 0) is 31.2 Å². The van der Waals surface area contributed by atoms with Gasteiger partial charge in [-0.3, -0.25) is 9.59 Å². The monoisotopic (exact) mass is 394 g/mol. The van der Waals surface area contributed by atoms with Gasteiger partial charge in [-0.15, -0.1) is 0 Å². The van der Waals surface area contributed by atoms with E-state index >= 15 is 0 Å². The van der Waals surface area contributed by atoms with Gasteiger partial charge >= 0.3 is 0 Å². The molecule has 0 saturated heterocycles. The highest BCUT2D eigenvalue weighted by Crippen LogP contribution is 2.35. The Morgan fingerprint density at radius 1 is 1.14 bits per heavy atom. The zero-order chi connectivity index (χ0) is 20.4. The number of carbonyl (C=O) groups is 1. The number of amides is 1. The van der Waals surface area contributed by atoms with Crippen molar-refractivity contribution in [2.24, 2.45) is 0 Å². The van der Waals surface area contributed by atoms with Crippen molar-refractivity contribution in [1.82, 2.24) is 9.88 Å². The molecular weight excluding hydrogens is 372 g/mol. The smallest absolute Gasteiger partial charge is 0.254 e. The Balaban J connectivity index is 1.66. The molecule has 0 radical (unpaired) electrons. The van der Waals surface area contributed by atoms with Gasteiger partial charge in [0.15, 0.2) is 11.5 Å². The lowest BCUT2D eigenvalue weighted by Gasteiger charge is -2.22. The molecule has 7 heteroatoms. The minimum Gasteiger partial charge on any atom is -0.454 e. The molecule has 0 fully saturated rings. The molecule has 0 unspecified atom stereocenters. The Hall–Kier alpha value is -3.32. The number of hydrogen-bond donors (Lipinski definition) is 1. The first-order valence-corrected chi connectivity index (χ1v) is 9.35. The molecule has 1 aliphatic rings. The number of aromatic amines is 1. The molecule has 0 aliphatic carbocycles. The third kappa shape index (κ3) is 3.95. The Morgan fingerprint density at radius 3 is 2.59 bits per heavy atom. The van der Waals surface area contributed by atoms with Crippen LogP contribution in [0.2, 0.25) is 0 Å². The van der Waals surface area contributed by atoms with Crippen LogP contribution in [0.25, 0.3) is 10.9 Å². The first kappa shape index (κ1) is 19.0. The van der Waals surface area contributed by atoms with Crippen LogP contribution in [-0.2, 0) is 11.3 Å². The molecule has 1 aromatic heterocycles. The Labute approximate surface area is 167 Å². The van der Waals surface area contributed by atoms with Crippen LogP contribution in [0.1, 0.15) is 21.5 Å².